The summed E-state index contributed by atoms with van der Waals surface area (Å²) >= 11 is 0. The van der Waals surface area contributed by atoms with E-state index >= 15 is 0 Å². The van der Waals surface area contributed by atoms with Crippen molar-refractivity contribution in [2.24, 2.45) is 0 Å². The molecule has 0 aromatic heterocycles. The first-order valence-electron chi connectivity index (χ1n) is 11.1. The van der Waals surface area contributed by atoms with Gasteiger partial charge in [-0.3, -0.25) is 4.79 Å². The largest absolute Gasteiger partial charge is 0.497 e. The molecule has 178 valence electrons. The van der Waals surface area contributed by atoms with Crippen molar-refractivity contribution in [3.63, 3.8) is 0 Å². The van der Waals surface area contributed by atoms with Crippen LogP contribution in [0.1, 0.15) is 64.9 Å². The molecule has 1 saturated carbocycles. The summed E-state index contributed by atoms with van der Waals surface area (Å²) in [6.45, 7) is 5.25. The maximum atomic E-state index is 12.6. The second kappa shape index (κ2) is 12.3. The lowest BCUT2D eigenvalue weighted by Gasteiger charge is -2.24. The van der Waals surface area contributed by atoms with E-state index in [1.54, 1.807) is 27.9 Å². The highest BCUT2D eigenvalue weighted by atomic mass is 16.6. The van der Waals surface area contributed by atoms with Gasteiger partial charge in [-0.15, -0.1) is 0 Å². The van der Waals surface area contributed by atoms with Crippen LogP contribution < -0.4 is 10.1 Å². The maximum Gasteiger partial charge on any atom is 0.408 e. The summed E-state index contributed by atoms with van der Waals surface area (Å²) in [4.78, 5) is 37.3. The van der Waals surface area contributed by atoms with E-state index in [4.69, 9.17) is 18.9 Å². The summed E-state index contributed by atoms with van der Waals surface area (Å²) in [5.74, 6) is -0.501. The first-order valence-corrected chi connectivity index (χ1v) is 11.1. The summed E-state index contributed by atoms with van der Waals surface area (Å²) < 4.78 is 21.2. The van der Waals surface area contributed by atoms with Gasteiger partial charge in [-0.25, -0.2) is 9.59 Å². The smallest absolute Gasteiger partial charge is 0.408 e. The van der Waals surface area contributed by atoms with Gasteiger partial charge in [0.2, 0.25) is 0 Å². The van der Waals surface area contributed by atoms with Crippen molar-refractivity contribution in [1.29, 1.82) is 0 Å². The van der Waals surface area contributed by atoms with Crippen LogP contribution in [-0.2, 0) is 30.2 Å². The highest BCUT2D eigenvalue weighted by molar-refractivity contribution is 5.86. The molecule has 8 nitrogen and oxygen atoms in total. The van der Waals surface area contributed by atoms with Gasteiger partial charge in [-0.1, -0.05) is 18.6 Å². The van der Waals surface area contributed by atoms with E-state index in [1.807, 2.05) is 24.3 Å². The first kappa shape index (κ1) is 25.5. The Bertz CT molecular complexity index is 749. The normalized spacial score (nSPS) is 15.4. The molecule has 1 aliphatic carbocycles. The van der Waals surface area contributed by atoms with Crippen molar-refractivity contribution < 1.29 is 33.3 Å². The van der Waals surface area contributed by atoms with Crippen molar-refractivity contribution in [2.75, 3.05) is 13.7 Å². The Morgan fingerprint density at radius 3 is 2.31 bits per heavy atom. The standard InChI is InChI=1S/C24H35NO7/c1-24(2,3)32-23(28)25-20(16-21(26)31-19-8-6-5-7-9-19)22(27)30-15-14-17-10-12-18(29-4)13-11-17/h10-13,19-20H,5-9,14-16H2,1-4H3,(H,25,28)/t20-/m0/s1. The lowest BCUT2D eigenvalue weighted by atomic mass is 9.98. The topological polar surface area (TPSA) is 100 Å². The fourth-order valence-electron chi connectivity index (χ4n) is 3.39. The third-order valence-corrected chi connectivity index (χ3v) is 4.99. The second-order valence-corrected chi connectivity index (χ2v) is 8.92. The Hall–Kier alpha value is -2.77. The summed E-state index contributed by atoms with van der Waals surface area (Å²) in [7, 11) is 1.59. The molecule has 1 N–H and O–H groups in total. The van der Waals surface area contributed by atoms with Gasteiger partial charge in [-0.05, 0) is 64.2 Å². The highest BCUT2D eigenvalue weighted by Gasteiger charge is 2.29. The molecule has 8 heteroatoms. The molecule has 0 spiro atoms. The lowest BCUT2D eigenvalue weighted by molar-refractivity contribution is -0.156. The molecule has 0 aliphatic heterocycles. The predicted octanol–water partition coefficient (Wildman–Crippen LogP) is 3.94. The number of benzene rings is 1. The number of methoxy groups -OCH3 is 1. The minimum Gasteiger partial charge on any atom is -0.497 e. The van der Waals surface area contributed by atoms with E-state index in [0.29, 0.717) is 6.42 Å². The molecule has 1 atom stereocenters. The number of carbonyl (C=O) groups is 3. The van der Waals surface area contributed by atoms with Gasteiger partial charge in [0.05, 0.1) is 20.1 Å². The van der Waals surface area contributed by atoms with Crippen LogP contribution >= 0.6 is 0 Å². The van der Waals surface area contributed by atoms with Crippen LogP contribution in [0.5, 0.6) is 5.75 Å². The third kappa shape index (κ3) is 9.58. The predicted molar refractivity (Wildman–Crippen MR) is 118 cm³/mol. The molecular formula is C24H35NO7. The van der Waals surface area contributed by atoms with Crippen molar-refractivity contribution >= 4 is 18.0 Å². The van der Waals surface area contributed by atoms with E-state index in [2.05, 4.69) is 5.32 Å². The molecule has 32 heavy (non-hydrogen) atoms. The highest BCUT2D eigenvalue weighted by Crippen LogP contribution is 2.21. The number of rotatable bonds is 9. The van der Waals surface area contributed by atoms with Gasteiger partial charge < -0.3 is 24.3 Å². The second-order valence-electron chi connectivity index (χ2n) is 8.92. The molecule has 0 radical (unpaired) electrons. The van der Waals surface area contributed by atoms with Gasteiger partial charge in [0.1, 0.15) is 23.5 Å². The number of alkyl carbamates (subject to hydrolysis) is 1. The van der Waals surface area contributed by atoms with E-state index in [0.717, 1.165) is 43.4 Å². The number of ether oxygens (including phenoxy) is 4. The summed E-state index contributed by atoms with van der Waals surface area (Å²) in [5, 5.41) is 2.45. The zero-order chi connectivity index (χ0) is 23.6. The fourth-order valence-corrected chi connectivity index (χ4v) is 3.39. The minimum atomic E-state index is -1.18. The van der Waals surface area contributed by atoms with Crippen LogP contribution in [0.15, 0.2) is 24.3 Å². The van der Waals surface area contributed by atoms with Crippen molar-refractivity contribution in [3.05, 3.63) is 29.8 Å². The molecule has 0 saturated heterocycles. The molecule has 1 aromatic carbocycles. The quantitative estimate of drug-likeness (QED) is 0.450. The number of esters is 2. The minimum absolute atomic E-state index is 0.106. The molecule has 2 rings (SSSR count). The van der Waals surface area contributed by atoms with Crippen LogP contribution in [0.3, 0.4) is 0 Å². The lowest BCUT2D eigenvalue weighted by Crippen LogP contribution is -2.46. The number of amides is 1. The summed E-state index contributed by atoms with van der Waals surface area (Å²) in [6.07, 6.45) is 4.07. The van der Waals surface area contributed by atoms with Gasteiger partial charge in [0.25, 0.3) is 0 Å². The SMILES string of the molecule is COc1ccc(CCOC(=O)[C@H](CC(=O)OC2CCCCC2)NC(=O)OC(C)(C)C)cc1. The van der Waals surface area contributed by atoms with Gasteiger partial charge in [0, 0.05) is 6.42 Å². The number of hydrogen-bond donors (Lipinski definition) is 1. The van der Waals surface area contributed by atoms with Crippen LogP contribution in [-0.4, -0.2) is 49.5 Å². The van der Waals surface area contributed by atoms with Crippen LogP contribution in [0.25, 0.3) is 0 Å². The molecule has 1 aliphatic rings. The number of carbonyl (C=O) groups excluding carboxylic acids is 3. The Kier molecular flexibility index (Phi) is 9.81. The van der Waals surface area contributed by atoms with Gasteiger partial charge >= 0.3 is 18.0 Å². The average molecular weight is 450 g/mol. The van der Waals surface area contributed by atoms with Crippen molar-refractivity contribution in [3.8, 4) is 5.75 Å². The Labute approximate surface area is 189 Å². The van der Waals surface area contributed by atoms with E-state index < -0.39 is 29.7 Å². The first-order chi connectivity index (χ1) is 15.2. The fraction of sp³-hybridized carbons (Fsp3) is 0.625. The number of nitrogens with one attached hydrogen (secondary N) is 1. The Morgan fingerprint density at radius 1 is 1.06 bits per heavy atom. The molecule has 0 bridgehead atoms. The zero-order valence-electron chi connectivity index (χ0n) is 19.5. The monoisotopic (exact) mass is 449 g/mol. The molecule has 0 unspecified atom stereocenters. The molecule has 0 heterocycles. The molecule has 1 aromatic rings. The Morgan fingerprint density at radius 2 is 1.72 bits per heavy atom. The summed E-state index contributed by atoms with van der Waals surface area (Å²) in [6, 6.07) is 6.23. The van der Waals surface area contributed by atoms with Crippen molar-refractivity contribution in [1.82, 2.24) is 5.32 Å². The maximum absolute atomic E-state index is 12.6. The van der Waals surface area contributed by atoms with E-state index in [1.165, 1.54) is 0 Å². The molecule has 1 fully saturated rings. The van der Waals surface area contributed by atoms with Gasteiger partial charge in [-0.2, -0.15) is 0 Å². The van der Waals surface area contributed by atoms with Crippen molar-refractivity contribution in [2.45, 2.75) is 83.5 Å². The van der Waals surface area contributed by atoms with Crippen LogP contribution in [0, 0.1) is 0 Å². The van der Waals surface area contributed by atoms with Crippen LogP contribution in [0.2, 0.25) is 0 Å². The molecule has 1 amide bonds. The van der Waals surface area contributed by atoms with E-state index in [9.17, 15) is 14.4 Å². The summed E-state index contributed by atoms with van der Waals surface area (Å²) in [5.41, 5.74) is 0.224. The Balaban J connectivity index is 1.92. The molecular weight excluding hydrogens is 414 g/mol. The van der Waals surface area contributed by atoms with E-state index in [-0.39, 0.29) is 19.1 Å². The third-order valence-electron chi connectivity index (χ3n) is 4.99. The zero-order valence-corrected chi connectivity index (χ0v) is 19.5. The van der Waals surface area contributed by atoms with Gasteiger partial charge in [0.15, 0.2) is 0 Å². The van der Waals surface area contributed by atoms with Crippen LogP contribution in [0.4, 0.5) is 4.79 Å². The number of hydrogen-bond acceptors (Lipinski definition) is 7. The average Bonchev–Trinajstić information content (AvgIpc) is 2.73.